The van der Waals surface area contributed by atoms with Gasteiger partial charge in [-0.2, -0.15) is 0 Å². The molecule has 1 heterocycles. The van der Waals surface area contributed by atoms with Gasteiger partial charge in [-0.3, -0.25) is 9.69 Å². The zero-order valence-corrected chi connectivity index (χ0v) is 11.4. The minimum atomic E-state index is -0.779. The molecule has 1 aliphatic heterocycles. The Morgan fingerprint density at radius 3 is 2.78 bits per heavy atom. The van der Waals surface area contributed by atoms with Crippen LogP contribution in [0.5, 0.6) is 0 Å². The molecule has 1 fully saturated rings. The predicted octanol–water partition coefficient (Wildman–Crippen LogP) is 3.34. The van der Waals surface area contributed by atoms with Gasteiger partial charge in [0.15, 0.2) is 0 Å². The largest absolute Gasteiger partial charge is 0.480 e. The van der Waals surface area contributed by atoms with E-state index < -0.39 is 11.5 Å². The second-order valence-corrected chi connectivity index (χ2v) is 5.48. The Labute approximate surface area is 112 Å². The molecule has 98 valence electrons. The van der Waals surface area contributed by atoms with Crippen molar-refractivity contribution in [1.29, 1.82) is 0 Å². The van der Waals surface area contributed by atoms with Crippen LogP contribution >= 0.6 is 11.6 Å². The van der Waals surface area contributed by atoms with E-state index in [1.54, 1.807) is 6.92 Å². The molecule has 0 aliphatic carbocycles. The van der Waals surface area contributed by atoms with Crippen LogP contribution in [0.3, 0.4) is 0 Å². The Hall–Kier alpha value is -1.06. The van der Waals surface area contributed by atoms with Crippen molar-refractivity contribution in [1.82, 2.24) is 4.90 Å². The van der Waals surface area contributed by atoms with Crippen LogP contribution in [0.1, 0.15) is 38.3 Å². The van der Waals surface area contributed by atoms with E-state index in [2.05, 4.69) is 0 Å². The number of halogens is 1. The van der Waals surface area contributed by atoms with Crippen molar-refractivity contribution in [2.75, 3.05) is 6.54 Å². The number of hydrogen-bond acceptors (Lipinski definition) is 2. The lowest BCUT2D eigenvalue weighted by Gasteiger charge is -2.36. The first-order chi connectivity index (χ1) is 8.47. The summed E-state index contributed by atoms with van der Waals surface area (Å²) in [6, 6.07) is 7.65. The molecule has 0 radical (unpaired) electrons. The number of carboxylic acids is 1. The average Bonchev–Trinajstić information content (AvgIpc) is 2.72. The maximum Gasteiger partial charge on any atom is 0.323 e. The first-order valence-corrected chi connectivity index (χ1v) is 6.59. The van der Waals surface area contributed by atoms with Crippen LogP contribution in [-0.2, 0) is 4.79 Å². The third-order valence-corrected chi connectivity index (χ3v) is 4.32. The van der Waals surface area contributed by atoms with Gasteiger partial charge in [0, 0.05) is 11.1 Å². The van der Waals surface area contributed by atoms with E-state index in [1.807, 2.05) is 36.1 Å². The van der Waals surface area contributed by atoms with E-state index in [0.29, 0.717) is 11.4 Å². The summed E-state index contributed by atoms with van der Waals surface area (Å²) >= 11 is 6.20. The molecule has 2 atom stereocenters. The van der Waals surface area contributed by atoms with Crippen molar-refractivity contribution in [2.45, 2.75) is 38.3 Å². The van der Waals surface area contributed by atoms with Crippen molar-refractivity contribution < 1.29 is 9.90 Å². The molecule has 2 unspecified atom stereocenters. The molecular weight excluding hydrogens is 250 g/mol. The first-order valence-electron chi connectivity index (χ1n) is 6.21. The summed E-state index contributed by atoms with van der Waals surface area (Å²) in [5.74, 6) is -0.751. The van der Waals surface area contributed by atoms with E-state index in [-0.39, 0.29) is 6.04 Å². The highest BCUT2D eigenvalue weighted by Crippen LogP contribution is 2.38. The third-order valence-electron chi connectivity index (χ3n) is 3.98. The molecule has 1 aromatic carbocycles. The smallest absolute Gasteiger partial charge is 0.323 e. The van der Waals surface area contributed by atoms with Crippen LogP contribution < -0.4 is 0 Å². The van der Waals surface area contributed by atoms with Crippen molar-refractivity contribution in [3.63, 3.8) is 0 Å². The van der Waals surface area contributed by atoms with E-state index in [0.717, 1.165) is 18.5 Å². The summed E-state index contributed by atoms with van der Waals surface area (Å²) in [5.41, 5.74) is 0.215. The molecule has 0 saturated carbocycles. The highest BCUT2D eigenvalue weighted by atomic mass is 35.5. The first kappa shape index (κ1) is 13.4. The highest BCUT2D eigenvalue weighted by Gasteiger charge is 2.45. The van der Waals surface area contributed by atoms with Gasteiger partial charge < -0.3 is 5.11 Å². The van der Waals surface area contributed by atoms with E-state index in [9.17, 15) is 9.90 Å². The quantitative estimate of drug-likeness (QED) is 0.913. The zero-order chi connectivity index (χ0) is 13.3. The molecule has 0 spiro atoms. The van der Waals surface area contributed by atoms with Crippen LogP contribution in [0.4, 0.5) is 0 Å². The van der Waals surface area contributed by atoms with Gasteiger partial charge >= 0.3 is 5.97 Å². The fourth-order valence-corrected chi connectivity index (χ4v) is 3.11. The topological polar surface area (TPSA) is 40.5 Å². The maximum atomic E-state index is 11.5. The van der Waals surface area contributed by atoms with Gasteiger partial charge in [0.25, 0.3) is 0 Å². The van der Waals surface area contributed by atoms with Crippen molar-refractivity contribution in [2.24, 2.45) is 0 Å². The molecule has 0 aromatic heterocycles. The molecule has 1 aliphatic rings. The van der Waals surface area contributed by atoms with Crippen LogP contribution in [0.2, 0.25) is 5.02 Å². The highest BCUT2D eigenvalue weighted by molar-refractivity contribution is 6.31. The van der Waals surface area contributed by atoms with Crippen LogP contribution in [-0.4, -0.2) is 28.1 Å². The van der Waals surface area contributed by atoms with Crippen molar-refractivity contribution in [3.05, 3.63) is 34.9 Å². The number of aliphatic carboxylic acids is 1. The summed E-state index contributed by atoms with van der Waals surface area (Å²) in [5, 5.41) is 10.1. The SMILES string of the molecule is CC(c1ccccc1Cl)N1CCCC1(C)C(=O)O. The van der Waals surface area contributed by atoms with Gasteiger partial charge in [-0.05, 0) is 44.9 Å². The normalized spacial score (nSPS) is 26.2. The van der Waals surface area contributed by atoms with Crippen molar-refractivity contribution in [3.8, 4) is 0 Å². The number of rotatable bonds is 3. The number of nitrogens with zero attached hydrogens (tertiary/aromatic N) is 1. The van der Waals surface area contributed by atoms with Crippen molar-refractivity contribution >= 4 is 17.6 Å². The number of carboxylic acid groups (broad SMARTS) is 1. The molecule has 1 N–H and O–H groups in total. The lowest BCUT2D eigenvalue weighted by Crippen LogP contribution is -2.48. The van der Waals surface area contributed by atoms with Gasteiger partial charge in [-0.25, -0.2) is 0 Å². The van der Waals surface area contributed by atoms with Crippen LogP contribution in [0, 0.1) is 0 Å². The summed E-state index contributed by atoms with van der Waals surface area (Å²) < 4.78 is 0. The second-order valence-electron chi connectivity index (χ2n) is 5.07. The molecule has 18 heavy (non-hydrogen) atoms. The molecule has 1 aromatic rings. The lowest BCUT2D eigenvalue weighted by atomic mass is 9.96. The molecule has 0 bridgehead atoms. The Morgan fingerprint density at radius 1 is 1.50 bits per heavy atom. The van der Waals surface area contributed by atoms with Gasteiger partial charge in [0.1, 0.15) is 5.54 Å². The van der Waals surface area contributed by atoms with Crippen LogP contribution in [0.15, 0.2) is 24.3 Å². The lowest BCUT2D eigenvalue weighted by molar-refractivity contribution is -0.149. The summed E-state index contributed by atoms with van der Waals surface area (Å²) in [6.45, 7) is 4.62. The summed E-state index contributed by atoms with van der Waals surface area (Å²) in [4.78, 5) is 13.5. The third kappa shape index (κ3) is 2.13. The van der Waals surface area contributed by atoms with Gasteiger partial charge in [0.05, 0.1) is 0 Å². The Bertz CT molecular complexity index is 463. The fraction of sp³-hybridized carbons (Fsp3) is 0.500. The fourth-order valence-electron chi connectivity index (χ4n) is 2.82. The van der Waals surface area contributed by atoms with Gasteiger partial charge in [-0.15, -0.1) is 0 Å². The summed E-state index contributed by atoms with van der Waals surface area (Å²) in [7, 11) is 0. The molecule has 1 saturated heterocycles. The van der Waals surface area contributed by atoms with E-state index in [1.165, 1.54) is 0 Å². The number of carbonyl (C=O) groups is 1. The molecule has 3 nitrogen and oxygen atoms in total. The van der Waals surface area contributed by atoms with E-state index >= 15 is 0 Å². The predicted molar refractivity (Wildman–Crippen MR) is 71.8 cm³/mol. The monoisotopic (exact) mass is 267 g/mol. The number of likely N-dealkylation sites (tertiary alicyclic amines) is 1. The maximum absolute atomic E-state index is 11.5. The van der Waals surface area contributed by atoms with Gasteiger partial charge in [-0.1, -0.05) is 29.8 Å². The molecule has 2 rings (SSSR count). The second kappa shape index (κ2) is 4.90. The van der Waals surface area contributed by atoms with Gasteiger partial charge in [0.2, 0.25) is 0 Å². The molecule has 0 amide bonds. The molecule has 4 heteroatoms. The minimum Gasteiger partial charge on any atom is -0.480 e. The number of benzene rings is 1. The summed E-state index contributed by atoms with van der Waals surface area (Å²) in [6.07, 6.45) is 1.61. The molecular formula is C14H18ClNO2. The number of hydrogen-bond donors (Lipinski definition) is 1. The Kier molecular flexibility index (Phi) is 3.64. The van der Waals surface area contributed by atoms with E-state index in [4.69, 9.17) is 11.6 Å². The van der Waals surface area contributed by atoms with Crippen LogP contribution in [0.25, 0.3) is 0 Å². The minimum absolute atomic E-state index is 0.0160. The zero-order valence-electron chi connectivity index (χ0n) is 10.7. The Balaban J connectivity index is 2.32. The Morgan fingerprint density at radius 2 is 2.17 bits per heavy atom. The standard InChI is InChI=1S/C14H18ClNO2/c1-10(11-6-3-4-7-12(11)15)16-9-5-8-14(16,2)13(17)18/h3-4,6-7,10H,5,8-9H2,1-2H3,(H,17,18). The average molecular weight is 268 g/mol.